The zero-order valence-corrected chi connectivity index (χ0v) is 6.92. The number of carboxylic acid groups (broad SMARTS) is 1. The molecule has 0 radical (unpaired) electrons. The lowest BCUT2D eigenvalue weighted by atomic mass is 9.95. The molecule has 4 heteroatoms. The minimum Gasteiger partial charge on any atom is -0.479 e. The first-order valence-electron chi connectivity index (χ1n) is 4.29. The summed E-state index contributed by atoms with van der Waals surface area (Å²) < 4.78 is 13.0. The van der Waals surface area contributed by atoms with E-state index in [2.05, 4.69) is 5.32 Å². The first-order chi connectivity index (χ1) is 5.72. The molecule has 0 saturated carbocycles. The largest absolute Gasteiger partial charge is 0.479 e. The summed E-state index contributed by atoms with van der Waals surface area (Å²) in [4.78, 5) is 10.3. The van der Waals surface area contributed by atoms with E-state index in [-0.39, 0.29) is 5.92 Å². The van der Waals surface area contributed by atoms with E-state index in [1.54, 1.807) is 0 Å². The van der Waals surface area contributed by atoms with Crippen LogP contribution in [0.1, 0.15) is 19.3 Å². The maximum atomic E-state index is 13.0. The normalized spacial score (nSPS) is 27.6. The summed E-state index contributed by atoms with van der Waals surface area (Å²) in [5.74, 6) is -1.61. The van der Waals surface area contributed by atoms with Crippen molar-refractivity contribution in [3.8, 4) is 0 Å². The number of nitrogens with one attached hydrogen (secondary N) is 1. The second-order valence-electron chi connectivity index (χ2n) is 3.18. The molecule has 1 rings (SSSR count). The molecule has 2 N–H and O–H groups in total. The van der Waals surface area contributed by atoms with Crippen LogP contribution in [-0.2, 0) is 4.79 Å². The van der Waals surface area contributed by atoms with Crippen LogP contribution in [0, 0.1) is 5.92 Å². The van der Waals surface area contributed by atoms with Gasteiger partial charge in [-0.15, -0.1) is 0 Å². The van der Waals surface area contributed by atoms with Crippen molar-refractivity contribution in [3.05, 3.63) is 0 Å². The van der Waals surface area contributed by atoms with E-state index < -0.39 is 12.1 Å². The van der Waals surface area contributed by atoms with Gasteiger partial charge in [0.15, 0.2) is 6.17 Å². The zero-order valence-electron chi connectivity index (χ0n) is 6.92. The average Bonchev–Trinajstić information content (AvgIpc) is 2.30. The van der Waals surface area contributed by atoms with E-state index in [0.29, 0.717) is 12.8 Å². The SMILES string of the molecule is O=C(O)C(F)C1CCCNCC1. The van der Waals surface area contributed by atoms with Gasteiger partial charge in [-0.05, 0) is 32.4 Å². The van der Waals surface area contributed by atoms with Gasteiger partial charge in [-0.2, -0.15) is 0 Å². The molecular formula is C8H14FNO2. The van der Waals surface area contributed by atoms with Crippen LogP contribution >= 0.6 is 0 Å². The Bertz CT molecular complexity index is 155. The maximum absolute atomic E-state index is 13.0. The molecule has 0 bridgehead atoms. The maximum Gasteiger partial charge on any atom is 0.338 e. The molecule has 1 saturated heterocycles. The summed E-state index contributed by atoms with van der Waals surface area (Å²) in [7, 11) is 0. The molecule has 0 aromatic rings. The van der Waals surface area contributed by atoms with Crippen molar-refractivity contribution < 1.29 is 14.3 Å². The highest BCUT2D eigenvalue weighted by molar-refractivity contribution is 5.72. The standard InChI is InChI=1S/C8H14FNO2/c9-7(8(11)12)6-2-1-4-10-5-3-6/h6-7,10H,1-5H2,(H,11,12). The Kier molecular flexibility index (Phi) is 3.47. The molecule has 0 amide bonds. The summed E-state index contributed by atoms with van der Waals surface area (Å²) in [5, 5.41) is 11.5. The molecule has 1 fully saturated rings. The van der Waals surface area contributed by atoms with Crippen LogP contribution in [0.25, 0.3) is 0 Å². The van der Waals surface area contributed by atoms with Gasteiger partial charge in [0.1, 0.15) is 0 Å². The van der Waals surface area contributed by atoms with Gasteiger partial charge in [0, 0.05) is 5.92 Å². The number of carbonyl (C=O) groups is 1. The molecule has 12 heavy (non-hydrogen) atoms. The lowest BCUT2D eigenvalue weighted by Gasteiger charge is -2.14. The van der Waals surface area contributed by atoms with Crippen LogP contribution in [0.2, 0.25) is 0 Å². The smallest absolute Gasteiger partial charge is 0.338 e. The fourth-order valence-electron chi connectivity index (χ4n) is 1.54. The fourth-order valence-corrected chi connectivity index (χ4v) is 1.54. The highest BCUT2D eigenvalue weighted by Gasteiger charge is 2.27. The first kappa shape index (κ1) is 9.45. The van der Waals surface area contributed by atoms with Crippen LogP contribution in [0.4, 0.5) is 4.39 Å². The monoisotopic (exact) mass is 175 g/mol. The van der Waals surface area contributed by atoms with Gasteiger partial charge in [0.05, 0.1) is 0 Å². The second-order valence-corrected chi connectivity index (χ2v) is 3.18. The molecule has 1 aliphatic rings. The molecule has 0 spiro atoms. The van der Waals surface area contributed by atoms with Crippen LogP contribution < -0.4 is 5.32 Å². The molecular weight excluding hydrogens is 161 g/mol. The van der Waals surface area contributed by atoms with Crippen molar-refractivity contribution in [2.75, 3.05) is 13.1 Å². The summed E-state index contributed by atoms with van der Waals surface area (Å²) in [6, 6.07) is 0. The van der Waals surface area contributed by atoms with E-state index in [0.717, 1.165) is 19.5 Å². The molecule has 1 aliphatic heterocycles. The number of hydrogen-bond acceptors (Lipinski definition) is 2. The molecule has 1 heterocycles. The van der Waals surface area contributed by atoms with Crippen molar-refractivity contribution in [2.24, 2.45) is 5.92 Å². The minimum atomic E-state index is -1.68. The van der Waals surface area contributed by atoms with Crippen molar-refractivity contribution in [1.29, 1.82) is 0 Å². The van der Waals surface area contributed by atoms with Crippen molar-refractivity contribution >= 4 is 5.97 Å². The summed E-state index contributed by atoms with van der Waals surface area (Å²) in [5.41, 5.74) is 0. The fraction of sp³-hybridized carbons (Fsp3) is 0.875. The third kappa shape index (κ3) is 2.44. The summed E-state index contributed by atoms with van der Waals surface area (Å²) in [6.07, 6.45) is 0.511. The van der Waals surface area contributed by atoms with Gasteiger partial charge in [-0.1, -0.05) is 0 Å². The predicted octanol–water partition coefficient (Wildman–Crippen LogP) is 0.799. The molecule has 0 aromatic heterocycles. The van der Waals surface area contributed by atoms with E-state index in [9.17, 15) is 9.18 Å². The molecule has 3 nitrogen and oxygen atoms in total. The van der Waals surface area contributed by atoms with Crippen molar-refractivity contribution in [1.82, 2.24) is 5.32 Å². The van der Waals surface area contributed by atoms with Crippen LogP contribution in [0.5, 0.6) is 0 Å². The van der Waals surface area contributed by atoms with E-state index in [1.165, 1.54) is 0 Å². The lowest BCUT2D eigenvalue weighted by Crippen LogP contribution is -2.26. The topological polar surface area (TPSA) is 49.3 Å². The number of carboxylic acids is 1. The Balaban J connectivity index is 2.42. The van der Waals surface area contributed by atoms with Gasteiger partial charge in [0.2, 0.25) is 0 Å². The second kappa shape index (κ2) is 4.40. The number of alkyl halides is 1. The van der Waals surface area contributed by atoms with Gasteiger partial charge >= 0.3 is 5.97 Å². The highest BCUT2D eigenvalue weighted by atomic mass is 19.1. The summed E-state index contributed by atoms with van der Waals surface area (Å²) >= 11 is 0. The van der Waals surface area contributed by atoms with Gasteiger partial charge in [-0.3, -0.25) is 0 Å². The molecule has 70 valence electrons. The Morgan fingerprint density at radius 2 is 2.25 bits per heavy atom. The van der Waals surface area contributed by atoms with Crippen LogP contribution in [0.15, 0.2) is 0 Å². The first-order valence-corrected chi connectivity index (χ1v) is 4.29. The van der Waals surface area contributed by atoms with Crippen molar-refractivity contribution in [3.63, 3.8) is 0 Å². The lowest BCUT2D eigenvalue weighted by molar-refractivity contribution is -0.145. The zero-order chi connectivity index (χ0) is 8.97. The molecule has 0 aromatic carbocycles. The number of rotatable bonds is 2. The third-order valence-electron chi connectivity index (χ3n) is 2.27. The van der Waals surface area contributed by atoms with Crippen molar-refractivity contribution in [2.45, 2.75) is 25.4 Å². The highest BCUT2D eigenvalue weighted by Crippen LogP contribution is 2.20. The van der Waals surface area contributed by atoms with E-state index in [1.807, 2.05) is 0 Å². The van der Waals surface area contributed by atoms with E-state index >= 15 is 0 Å². The molecule has 2 unspecified atom stereocenters. The summed E-state index contributed by atoms with van der Waals surface area (Å²) in [6.45, 7) is 1.61. The minimum absolute atomic E-state index is 0.294. The average molecular weight is 175 g/mol. The number of hydrogen-bond donors (Lipinski definition) is 2. The Labute approximate surface area is 71.0 Å². The Hall–Kier alpha value is -0.640. The van der Waals surface area contributed by atoms with Gasteiger partial charge < -0.3 is 10.4 Å². The predicted molar refractivity (Wildman–Crippen MR) is 42.7 cm³/mol. The quantitative estimate of drug-likeness (QED) is 0.652. The Morgan fingerprint density at radius 1 is 1.50 bits per heavy atom. The third-order valence-corrected chi connectivity index (χ3v) is 2.27. The van der Waals surface area contributed by atoms with Gasteiger partial charge in [-0.25, -0.2) is 9.18 Å². The Morgan fingerprint density at radius 3 is 2.92 bits per heavy atom. The van der Waals surface area contributed by atoms with Crippen LogP contribution in [-0.4, -0.2) is 30.3 Å². The van der Waals surface area contributed by atoms with Gasteiger partial charge in [0.25, 0.3) is 0 Å². The molecule has 0 aliphatic carbocycles. The van der Waals surface area contributed by atoms with Crippen LogP contribution in [0.3, 0.4) is 0 Å². The van der Waals surface area contributed by atoms with E-state index in [4.69, 9.17) is 5.11 Å². The molecule has 2 atom stereocenters. The number of aliphatic carboxylic acids is 1. The number of halogens is 1.